The average molecular weight is 511 g/mol. The number of piperidine rings is 1. The zero-order valence-electron chi connectivity index (χ0n) is 23.3. The summed E-state index contributed by atoms with van der Waals surface area (Å²) in [4.78, 5) is 44.6. The molecule has 36 heavy (non-hydrogen) atoms. The molecule has 4 aliphatic heterocycles. The summed E-state index contributed by atoms with van der Waals surface area (Å²) in [6, 6.07) is 1.35. The van der Waals surface area contributed by atoms with Crippen LogP contribution in [0.25, 0.3) is 0 Å². The molecule has 0 aromatic heterocycles. The average Bonchev–Trinajstić information content (AvgIpc) is 3.52. The first-order valence-electron chi connectivity index (χ1n) is 14.3. The van der Waals surface area contributed by atoms with Gasteiger partial charge in [-0.3, -0.25) is 24.2 Å². The van der Waals surface area contributed by atoms with Crippen molar-refractivity contribution in [2.45, 2.75) is 103 Å². The molecule has 4 heterocycles. The van der Waals surface area contributed by atoms with Gasteiger partial charge in [0, 0.05) is 66.7 Å². The van der Waals surface area contributed by atoms with Crippen molar-refractivity contribution in [3.63, 3.8) is 0 Å². The third-order valence-electron chi connectivity index (χ3n) is 8.56. The summed E-state index contributed by atoms with van der Waals surface area (Å²) in [6.07, 6.45) is 6.52. The highest BCUT2D eigenvalue weighted by Crippen LogP contribution is 2.19. The Morgan fingerprint density at radius 3 is 2.14 bits per heavy atom. The van der Waals surface area contributed by atoms with E-state index in [1.54, 1.807) is 0 Å². The van der Waals surface area contributed by atoms with Crippen LogP contribution in [0.1, 0.15) is 75.5 Å². The highest BCUT2D eigenvalue weighted by molar-refractivity contribution is 5.90. The molecule has 9 heteroatoms. The van der Waals surface area contributed by atoms with Crippen molar-refractivity contribution in [1.29, 1.82) is 0 Å². The van der Waals surface area contributed by atoms with Gasteiger partial charge in [-0.15, -0.1) is 0 Å². The van der Waals surface area contributed by atoms with E-state index >= 15 is 0 Å². The molecule has 3 unspecified atom stereocenters. The first kappa shape index (κ1) is 28.9. The lowest BCUT2D eigenvalue weighted by Gasteiger charge is -2.39. The second-order valence-corrected chi connectivity index (χ2v) is 11.3. The fraction of sp³-hybridized carbons (Fsp3) is 0.889. The first-order chi connectivity index (χ1) is 17.2. The largest absolute Gasteiger partial charge is 0.351 e. The van der Waals surface area contributed by atoms with Crippen LogP contribution in [0.5, 0.6) is 0 Å². The molecule has 9 nitrogen and oxygen atoms in total. The number of likely N-dealkylation sites (tertiary alicyclic amines) is 2. The van der Waals surface area contributed by atoms with Crippen molar-refractivity contribution in [3.8, 4) is 0 Å². The van der Waals surface area contributed by atoms with Gasteiger partial charge in [-0.25, -0.2) is 0 Å². The van der Waals surface area contributed by atoms with E-state index in [1.807, 2.05) is 0 Å². The third-order valence-corrected chi connectivity index (χ3v) is 8.56. The molecule has 0 aromatic rings. The Labute approximate surface area is 221 Å². The molecular formula is C27H54N6O3. The minimum atomic E-state index is -0.305. The molecule has 3 amide bonds. The van der Waals surface area contributed by atoms with Crippen LogP contribution >= 0.6 is 0 Å². The molecule has 4 saturated heterocycles. The second-order valence-electron chi connectivity index (χ2n) is 11.3. The summed E-state index contributed by atoms with van der Waals surface area (Å²) in [7, 11) is 2.07. The first-order valence-corrected chi connectivity index (χ1v) is 14.3. The Morgan fingerprint density at radius 1 is 0.972 bits per heavy atom. The number of likely N-dealkylation sites (N-methyl/N-ethyl adjacent to an activating group) is 1. The molecule has 0 saturated carbocycles. The van der Waals surface area contributed by atoms with Gasteiger partial charge in [0.1, 0.15) is 6.04 Å². The lowest BCUT2D eigenvalue weighted by atomic mass is 10.0. The molecule has 0 spiro atoms. The molecule has 4 rings (SSSR count). The Morgan fingerprint density at radius 2 is 1.64 bits per heavy atom. The van der Waals surface area contributed by atoms with Gasteiger partial charge >= 0.3 is 0 Å². The summed E-state index contributed by atoms with van der Waals surface area (Å²) in [5.41, 5.74) is 0. The molecular weight excluding hydrogens is 456 g/mol. The van der Waals surface area contributed by atoms with Crippen molar-refractivity contribution in [2.24, 2.45) is 0 Å². The highest BCUT2D eigenvalue weighted by Gasteiger charge is 2.33. The van der Waals surface area contributed by atoms with Gasteiger partial charge in [0.15, 0.2) is 0 Å². The topological polar surface area (TPSA) is 88.2 Å². The van der Waals surface area contributed by atoms with E-state index in [9.17, 15) is 14.4 Å². The molecule has 210 valence electrons. The zero-order valence-corrected chi connectivity index (χ0v) is 23.3. The SMILES string of the molecule is CC(C)N1CCC(NC(=O)C2CCC(=O)N2)CC1.CCC(C)N1CCN(C(=O)C2CCCN2C)CC1.[HH].[HH]. The van der Waals surface area contributed by atoms with Crippen LogP contribution in [0.3, 0.4) is 0 Å². The summed E-state index contributed by atoms with van der Waals surface area (Å²) in [5.74, 6) is 0.340. The fourth-order valence-corrected chi connectivity index (χ4v) is 5.75. The molecule has 2 N–H and O–H groups in total. The van der Waals surface area contributed by atoms with E-state index in [2.05, 4.69) is 65.0 Å². The molecule has 0 bridgehead atoms. The van der Waals surface area contributed by atoms with Crippen molar-refractivity contribution >= 4 is 17.7 Å². The van der Waals surface area contributed by atoms with Gasteiger partial charge in [0.2, 0.25) is 17.7 Å². The minimum absolute atomic E-state index is 0. The quantitative estimate of drug-likeness (QED) is 0.566. The Kier molecular flexibility index (Phi) is 11.0. The molecule has 0 aromatic carbocycles. The van der Waals surface area contributed by atoms with E-state index in [0.29, 0.717) is 30.8 Å². The lowest BCUT2D eigenvalue weighted by molar-refractivity contribution is -0.137. The standard InChI is InChI=1S/C14H27N3O.C13H23N3O2.2H2/c1-4-12(2)16-8-10-17(11-9-16)14(18)13-6-5-7-15(13)3;1-9(2)16-7-5-10(6-8-16)14-13(18)11-3-4-12(17)15-11;;/h12-13H,4-11H2,1-3H3;9-11H,3-8H2,1-2H3,(H,14,18)(H,15,17);2*1H. The monoisotopic (exact) mass is 510 g/mol. The van der Waals surface area contributed by atoms with Crippen LogP contribution in [0.4, 0.5) is 0 Å². The number of hydrogen-bond donors (Lipinski definition) is 2. The van der Waals surface area contributed by atoms with Gasteiger partial charge in [-0.1, -0.05) is 6.92 Å². The van der Waals surface area contributed by atoms with Gasteiger partial charge in [-0.2, -0.15) is 0 Å². The highest BCUT2D eigenvalue weighted by atomic mass is 16.2. The van der Waals surface area contributed by atoms with Crippen LogP contribution < -0.4 is 10.6 Å². The van der Waals surface area contributed by atoms with Crippen molar-refractivity contribution in [2.75, 3.05) is 52.9 Å². The number of rotatable bonds is 6. The van der Waals surface area contributed by atoms with Gasteiger partial charge < -0.3 is 20.4 Å². The summed E-state index contributed by atoms with van der Waals surface area (Å²) in [6.45, 7) is 16.0. The van der Waals surface area contributed by atoms with Gasteiger partial charge in [0.25, 0.3) is 0 Å². The smallest absolute Gasteiger partial charge is 0.242 e. The maximum Gasteiger partial charge on any atom is 0.242 e. The second kappa shape index (κ2) is 13.7. The Balaban J connectivity index is 0.000000361. The van der Waals surface area contributed by atoms with E-state index in [-0.39, 0.29) is 32.8 Å². The number of nitrogens with one attached hydrogen (secondary N) is 2. The summed E-state index contributed by atoms with van der Waals surface area (Å²) < 4.78 is 0. The lowest BCUT2D eigenvalue weighted by Crippen LogP contribution is -2.54. The van der Waals surface area contributed by atoms with E-state index in [4.69, 9.17) is 0 Å². The molecule has 3 atom stereocenters. The summed E-state index contributed by atoms with van der Waals surface area (Å²) >= 11 is 0. The number of carbonyl (C=O) groups excluding carboxylic acids is 3. The number of amides is 3. The number of nitrogens with zero attached hydrogens (tertiary/aromatic N) is 4. The molecule has 4 aliphatic rings. The van der Waals surface area contributed by atoms with Crippen LogP contribution in [-0.4, -0.2) is 120 Å². The molecule has 0 aliphatic carbocycles. The maximum absolute atomic E-state index is 12.4. The molecule has 4 fully saturated rings. The van der Waals surface area contributed by atoms with Crippen molar-refractivity contribution in [3.05, 3.63) is 0 Å². The van der Waals surface area contributed by atoms with Crippen LogP contribution in [0.15, 0.2) is 0 Å². The fourth-order valence-electron chi connectivity index (χ4n) is 5.75. The minimum Gasteiger partial charge on any atom is -0.351 e. The number of hydrogen-bond acceptors (Lipinski definition) is 6. The Hall–Kier alpha value is -1.71. The number of carbonyl (C=O) groups is 3. The predicted octanol–water partition coefficient (Wildman–Crippen LogP) is 1.77. The van der Waals surface area contributed by atoms with E-state index in [1.165, 1.54) is 12.8 Å². The van der Waals surface area contributed by atoms with Crippen molar-refractivity contribution < 1.29 is 17.2 Å². The third kappa shape index (κ3) is 7.89. The van der Waals surface area contributed by atoms with E-state index < -0.39 is 0 Å². The Bertz CT molecular complexity index is 742. The van der Waals surface area contributed by atoms with E-state index in [0.717, 1.165) is 65.1 Å². The molecule has 0 radical (unpaired) electrons. The van der Waals surface area contributed by atoms with Gasteiger partial charge in [-0.05, 0) is 72.9 Å². The van der Waals surface area contributed by atoms with Crippen molar-refractivity contribution in [1.82, 2.24) is 30.2 Å². The zero-order chi connectivity index (χ0) is 26.2. The number of piperazine rings is 1. The van der Waals surface area contributed by atoms with Crippen LogP contribution in [0, 0.1) is 0 Å². The van der Waals surface area contributed by atoms with Crippen LogP contribution in [-0.2, 0) is 14.4 Å². The maximum atomic E-state index is 12.4. The normalized spacial score (nSPS) is 27.5. The van der Waals surface area contributed by atoms with Gasteiger partial charge in [0.05, 0.1) is 6.04 Å². The summed E-state index contributed by atoms with van der Waals surface area (Å²) in [5, 5.41) is 5.77. The predicted molar refractivity (Wildman–Crippen MR) is 147 cm³/mol. The van der Waals surface area contributed by atoms with Crippen LogP contribution in [0.2, 0.25) is 0 Å².